The second-order valence-electron chi connectivity index (χ2n) is 5.01. The van der Waals surface area contributed by atoms with E-state index in [9.17, 15) is 8.42 Å². The van der Waals surface area contributed by atoms with Gasteiger partial charge in [-0.15, -0.1) is 12.4 Å². The van der Waals surface area contributed by atoms with Gasteiger partial charge in [0.15, 0.2) is 0 Å². The first-order valence-corrected chi connectivity index (χ1v) is 8.12. The van der Waals surface area contributed by atoms with Crippen LogP contribution < -0.4 is 14.8 Å². The molecule has 5 nitrogen and oxygen atoms in total. The number of nitrogens with one attached hydrogen (secondary N) is 2. The van der Waals surface area contributed by atoms with E-state index in [1.54, 1.807) is 18.2 Å². The van der Waals surface area contributed by atoms with Crippen molar-refractivity contribution in [2.45, 2.75) is 30.2 Å². The number of rotatable bonds is 4. The fourth-order valence-electron chi connectivity index (χ4n) is 2.55. The summed E-state index contributed by atoms with van der Waals surface area (Å²) in [7, 11) is -3.41. The topological polar surface area (TPSA) is 67.4 Å². The van der Waals surface area contributed by atoms with Crippen molar-refractivity contribution in [3.8, 4) is 5.75 Å². The average Bonchev–Trinajstić information content (AvgIpc) is 3.06. The lowest BCUT2D eigenvalue weighted by Crippen LogP contribution is -2.37. The Morgan fingerprint density at radius 1 is 1.40 bits per heavy atom. The maximum atomic E-state index is 12.2. The highest BCUT2D eigenvalue weighted by Crippen LogP contribution is 2.27. The number of ether oxygens (including phenoxy) is 1. The molecule has 2 N–H and O–H groups in total. The Kier molecular flexibility index (Phi) is 4.90. The molecular formula is C13H19ClN2O3S. The standard InChI is InChI=1S/C13H18N2O3S.ClH/c16-19(17,15-9-11-2-1-6-14-11)12-3-4-13-10(8-12)5-7-18-13;/h3-4,8,11,14-15H,1-2,5-7,9H2;1H. The molecule has 1 aromatic carbocycles. The quantitative estimate of drug-likeness (QED) is 0.871. The summed E-state index contributed by atoms with van der Waals surface area (Å²) in [6, 6.07) is 5.32. The van der Waals surface area contributed by atoms with Crippen molar-refractivity contribution in [1.82, 2.24) is 10.0 Å². The molecule has 0 amide bonds. The van der Waals surface area contributed by atoms with Crippen LogP contribution in [0, 0.1) is 0 Å². The summed E-state index contributed by atoms with van der Waals surface area (Å²) in [5.74, 6) is 0.802. The minimum atomic E-state index is -3.41. The van der Waals surface area contributed by atoms with Crippen LogP contribution in [0.25, 0.3) is 0 Å². The summed E-state index contributed by atoms with van der Waals surface area (Å²) in [5, 5.41) is 3.28. The molecule has 2 heterocycles. The number of fused-ring (bicyclic) bond motifs is 1. The second-order valence-corrected chi connectivity index (χ2v) is 6.78. The van der Waals surface area contributed by atoms with Crippen LogP contribution >= 0.6 is 12.4 Å². The lowest BCUT2D eigenvalue weighted by atomic mass is 10.2. The summed E-state index contributed by atoms with van der Waals surface area (Å²) < 4.78 is 32.5. The summed E-state index contributed by atoms with van der Waals surface area (Å²) >= 11 is 0. The molecule has 2 aliphatic heterocycles. The van der Waals surface area contributed by atoms with Crippen LogP contribution in [0.1, 0.15) is 18.4 Å². The van der Waals surface area contributed by atoms with Gasteiger partial charge in [0, 0.05) is 19.0 Å². The molecule has 2 aliphatic rings. The van der Waals surface area contributed by atoms with E-state index in [0.717, 1.165) is 37.1 Å². The molecular weight excluding hydrogens is 300 g/mol. The molecule has 1 aromatic rings. The molecule has 0 aliphatic carbocycles. The zero-order valence-electron chi connectivity index (χ0n) is 11.1. The first-order valence-electron chi connectivity index (χ1n) is 6.64. The third-order valence-electron chi connectivity index (χ3n) is 3.65. The number of sulfonamides is 1. The highest BCUT2D eigenvalue weighted by molar-refractivity contribution is 7.89. The predicted octanol–water partition coefficient (Wildman–Crippen LogP) is 1.07. The van der Waals surface area contributed by atoms with Gasteiger partial charge in [-0.1, -0.05) is 0 Å². The smallest absolute Gasteiger partial charge is 0.240 e. The number of benzene rings is 1. The van der Waals surface area contributed by atoms with E-state index in [-0.39, 0.29) is 18.4 Å². The molecule has 1 fully saturated rings. The maximum absolute atomic E-state index is 12.2. The van der Waals surface area contributed by atoms with E-state index in [4.69, 9.17) is 4.74 Å². The van der Waals surface area contributed by atoms with Crippen molar-refractivity contribution >= 4 is 22.4 Å². The molecule has 0 spiro atoms. The zero-order valence-corrected chi connectivity index (χ0v) is 12.7. The Morgan fingerprint density at radius 2 is 2.25 bits per heavy atom. The Labute approximate surface area is 125 Å². The van der Waals surface area contributed by atoms with Gasteiger partial charge in [0.05, 0.1) is 11.5 Å². The van der Waals surface area contributed by atoms with Crippen LogP contribution in [0.2, 0.25) is 0 Å². The zero-order chi connectivity index (χ0) is 13.3. The summed E-state index contributed by atoms with van der Waals surface area (Å²) in [4.78, 5) is 0.328. The van der Waals surface area contributed by atoms with E-state index >= 15 is 0 Å². The van der Waals surface area contributed by atoms with E-state index in [0.29, 0.717) is 18.0 Å². The Bertz CT molecular complexity index is 571. The largest absolute Gasteiger partial charge is 0.493 e. The monoisotopic (exact) mass is 318 g/mol. The Hall–Kier alpha value is -0.820. The highest BCUT2D eigenvalue weighted by atomic mass is 35.5. The average molecular weight is 319 g/mol. The lowest BCUT2D eigenvalue weighted by Gasteiger charge is -2.12. The van der Waals surface area contributed by atoms with Gasteiger partial charge >= 0.3 is 0 Å². The van der Waals surface area contributed by atoms with Gasteiger partial charge in [0.25, 0.3) is 0 Å². The predicted molar refractivity (Wildman–Crippen MR) is 79.1 cm³/mol. The van der Waals surface area contributed by atoms with Gasteiger partial charge in [0.2, 0.25) is 10.0 Å². The van der Waals surface area contributed by atoms with E-state index in [1.807, 2.05) is 0 Å². The fraction of sp³-hybridized carbons (Fsp3) is 0.538. The second kappa shape index (κ2) is 6.30. The maximum Gasteiger partial charge on any atom is 0.240 e. The van der Waals surface area contributed by atoms with Gasteiger partial charge < -0.3 is 10.1 Å². The summed E-state index contributed by atoms with van der Waals surface area (Å²) in [6.07, 6.45) is 2.92. The summed E-state index contributed by atoms with van der Waals surface area (Å²) in [5.41, 5.74) is 0.974. The molecule has 1 atom stereocenters. The van der Waals surface area contributed by atoms with E-state index in [1.165, 1.54) is 0 Å². The third-order valence-corrected chi connectivity index (χ3v) is 5.07. The molecule has 1 saturated heterocycles. The van der Waals surface area contributed by atoms with Gasteiger partial charge in [0.1, 0.15) is 5.75 Å². The van der Waals surface area contributed by atoms with Crippen LogP contribution in [0.5, 0.6) is 5.75 Å². The number of hydrogen-bond donors (Lipinski definition) is 2. The van der Waals surface area contributed by atoms with Crippen LogP contribution in [0.15, 0.2) is 23.1 Å². The molecule has 0 aromatic heterocycles. The van der Waals surface area contributed by atoms with Crippen LogP contribution in [-0.2, 0) is 16.4 Å². The Morgan fingerprint density at radius 3 is 3.00 bits per heavy atom. The van der Waals surface area contributed by atoms with Crippen molar-refractivity contribution in [2.24, 2.45) is 0 Å². The Balaban J connectivity index is 0.00000147. The van der Waals surface area contributed by atoms with E-state index < -0.39 is 10.0 Å². The van der Waals surface area contributed by atoms with Crippen molar-refractivity contribution in [1.29, 1.82) is 0 Å². The normalized spacial score (nSPS) is 21.1. The minimum absolute atomic E-state index is 0. The fourth-order valence-corrected chi connectivity index (χ4v) is 3.69. The highest BCUT2D eigenvalue weighted by Gasteiger charge is 2.21. The van der Waals surface area contributed by atoms with Gasteiger partial charge in [-0.3, -0.25) is 0 Å². The molecule has 1 unspecified atom stereocenters. The van der Waals surface area contributed by atoms with Gasteiger partial charge in [-0.05, 0) is 43.1 Å². The minimum Gasteiger partial charge on any atom is -0.493 e. The molecule has 0 radical (unpaired) electrons. The van der Waals surface area contributed by atoms with Crippen molar-refractivity contribution in [3.05, 3.63) is 23.8 Å². The van der Waals surface area contributed by atoms with Crippen LogP contribution in [0.4, 0.5) is 0 Å². The molecule has 0 saturated carbocycles. The molecule has 0 bridgehead atoms. The van der Waals surface area contributed by atoms with Crippen LogP contribution in [0.3, 0.4) is 0 Å². The molecule has 112 valence electrons. The number of hydrogen-bond acceptors (Lipinski definition) is 4. The van der Waals surface area contributed by atoms with E-state index in [2.05, 4.69) is 10.0 Å². The third kappa shape index (κ3) is 3.25. The first-order chi connectivity index (χ1) is 9.15. The summed E-state index contributed by atoms with van der Waals surface area (Å²) in [6.45, 7) is 2.07. The van der Waals surface area contributed by atoms with Gasteiger partial charge in [-0.25, -0.2) is 13.1 Å². The lowest BCUT2D eigenvalue weighted by molar-refractivity contribution is 0.356. The van der Waals surface area contributed by atoms with Crippen LogP contribution in [-0.4, -0.2) is 34.2 Å². The molecule has 20 heavy (non-hydrogen) atoms. The van der Waals surface area contributed by atoms with Crippen molar-refractivity contribution in [3.63, 3.8) is 0 Å². The SMILES string of the molecule is Cl.O=S(=O)(NCC1CCCN1)c1ccc2c(c1)CCO2. The van der Waals surface area contributed by atoms with Crippen molar-refractivity contribution < 1.29 is 13.2 Å². The van der Waals surface area contributed by atoms with Gasteiger partial charge in [-0.2, -0.15) is 0 Å². The number of halogens is 1. The molecule has 7 heteroatoms. The van der Waals surface area contributed by atoms with Crippen molar-refractivity contribution in [2.75, 3.05) is 19.7 Å². The molecule has 3 rings (SSSR count). The first kappa shape index (κ1) is 15.6.